The van der Waals surface area contributed by atoms with E-state index in [2.05, 4.69) is 65.6 Å². The maximum atomic E-state index is 13.0. The van der Waals surface area contributed by atoms with E-state index in [4.69, 9.17) is 0 Å². The van der Waals surface area contributed by atoms with Crippen molar-refractivity contribution in [3.05, 3.63) is 0 Å². The zero-order valence-corrected chi connectivity index (χ0v) is 14.5. The molecule has 0 radical (unpaired) electrons. The van der Waals surface area contributed by atoms with E-state index in [1.165, 1.54) is 0 Å². The molecule has 116 valence electrons. The third-order valence-corrected chi connectivity index (χ3v) is 6.15. The van der Waals surface area contributed by atoms with Crippen molar-refractivity contribution in [3.8, 4) is 0 Å². The topological polar surface area (TPSA) is 32.3 Å². The SMILES string of the molecule is CCC1(C)NC(CC(C)C)N(C2C(C)(C)C2(C)C)C1=O. The van der Waals surface area contributed by atoms with Gasteiger partial charge in [0.15, 0.2) is 0 Å². The normalized spacial score (nSPS) is 36.0. The van der Waals surface area contributed by atoms with Gasteiger partial charge in [0.25, 0.3) is 0 Å². The predicted octanol–water partition coefficient (Wildman–Crippen LogP) is 3.39. The molecule has 0 aromatic heterocycles. The van der Waals surface area contributed by atoms with E-state index in [1.807, 2.05) is 0 Å². The quantitative estimate of drug-likeness (QED) is 0.856. The highest BCUT2D eigenvalue weighted by molar-refractivity contribution is 5.89. The summed E-state index contributed by atoms with van der Waals surface area (Å²) in [6.45, 7) is 17.8. The Labute approximate surface area is 124 Å². The van der Waals surface area contributed by atoms with Crippen LogP contribution in [0, 0.1) is 16.7 Å². The number of hydrogen-bond acceptors (Lipinski definition) is 2. The van der Waals surface area contributed by atoms with E-state index in [-0.39, 0.29) is 22.5 Å². The highest BCUT2D eigenvalue weighted by Gasteiger charge is 2.71. The Morgan fingerprint density at radius 1 is 1.15 bits per heavy atom. The molecule has 2 fully saturated rings. The Morgan fingerprint density at radius 2 is 1.65 bits per heavy atom. The van der Waals surface area contributed by atoms with Gasteiger partial charge in [-0.15, -0.1) is 0 Å². The van der Waals surface area contributed by atoms with Crippen molar-refractivity contribution >= 4 is 5.91 Å². The van der Waals surface area contributed by atoms with Crippen LogP contribution in [-0.4, -0.2) is 28.6 Å². The highest BCUT2D eigenvalue weighted by Crippen LogP contribution is 2.66. The first-order valence-corrected chi connectivity index (χ1v) is 8.09. The van der Waals surface area contributed by atoms with Gasteiger partial charge in [0, 0.05) is 6.04 Å². The minimum absolute atomic E-state index is 0.193. The lowest BCUT2D eigenvalue weighted by atomic mass is 9.99. The molecular weight excluding hydrogens is 248 g/mol. The van der Waals surface area contributed by atoms with Crippen molar-refractivity contribution in [2.45, 2.75) is 86.0 Å². The molecule has 2 atom stereocenters. The molecule has 1 amide bonds. The molecule has 2 aliphatic rings. The molecule has 1 aliphatic heterocycles. The van der Waals surface area contributed by atoms with Gasteiger partial charge in [-0.25, -0.2) is 0 Å². The smallest absolute Gasteiger partial charge is 0.244 e. The van der Waals surface area contributed by atoms with Gasteiger partial charge >= 0.3 is 0 Å². The zero-order chi connectivity index (χ0) is 15.5. The maximum absolute atomic E-state index is 13.0. The Kier molecular flexibility index (Phi) is 3.53. The average Bonchev–Trinajstić information content (AvgIpc) is 2.57. The van der Waals surface area contributed by atoms with Gasteiger partial charge in [0.05, 0.1) is 11.7 Å². The number of carbonyl (C=O) groups excluding carboxylic acids is 1. The third kappa shape index (κ3) is 2.01. The summed E-state index contributed by atoms with van der Waals surface area (Å²) in [5.41, 5.74) is 0.0332. The highest BCUT2D eigenvalue weighted by atomic mass is 16.2. The summed E-state index contributed by atoms with van der Waals surface area (Å²) in [5, 5.41) is 3.62. The molecule has 2 unspecified atom stereocenters. The van der Waals surface area contributed by atoms with E-state index in [0.29, 0.717) is 17.9 Å². The lowest BCUT2D eigenvalue weighted by Crippen LogP contribution is -2.44. The summed E-state index contributed by atoms with van der Waals surface area (Å²) >= 11 is 0. The molecule has 0 aromatic rings. The van der Waals surface area contributed by atoms with Crippen LogP contribution in [0.3, 0.4) is 0 Å². The van der Waals surface area contributed by atoms with Gasteiger partial charge in [-0.2, -0.15) is 0 Å². The van der Waals surface area contributed by atoms with Crippen molar-refractivity contribution in [3.63, 3.8) is 0 Å². The number of rotatable bonds is 4. The minimum Gasteiger partial charge on any atom is -0.321 e. The van der Waals surface area contributed by atoms with E-state index in [0.717, 1.165) is 12.8 Å². The molecular formula is C17H32N2O. The van der Waals surface area contributed by atoms with Gasteiger partial charge in [-0.05, 0) is 36.5 Å². The van der Waals surface area contributed by atoms with Crippen LogP contribution < -0.4 is 5.32 Å². The Morgan fingerprint density at radius 3 is 2.00 bits per heavy atom. The number of nitrogens with one attached hydrogen (secondary N) is 1. The maximum Gasteiger partial charge on any atom is 0.244 e. The summed E-state index contributed by atoms with van der Waals surface area (Å²) in [6.07, 6.45) is 2.08. The van der Waals surface area contributed by atoms with Crippen LogP contribution in [0.15, 0.2) is 0 Å². The van der Waals surface area contributed by atoms with Gasteiger partial charge in [0.2, 0.25) is 5.91 Å². The molecule has 0 spiro atoms. The molecule has 1 heterocycles. The summed E-state index contributed by atoms with van der Waals surface area (Å²) in [6, 6.07) is 0.354. The molecule has 1 saturated carbocycles. The fourth-order valence-corrected chi connectivity index (χ4v) is 3.95. The largest absolute Gasteiger partial charge is 0.321 e. The van der Waals surface area contributed by atoms with Crippen LogP contribution >= 0.6 is 0 Å². The zero-order valence-electron chi connectivity index (χ0n) is 14.5. The molecule has 3 heteroatoms. The van der Waals surface area contributed by atoms with Crippen molar-refractivity contribution in [1.82, 2.24) is 10.2 Å². The van der Waals surface area contributed by atoms with E-state index < -0.39 is 0 Å². The van der Waals surface area contributed by atoms with E-state index >= 15 is 0 Å². The Hall–Kier alpha value is -0.570. The summed E-state index contributed by atoms with van der Waals surface area (Å²) in [5.74, 6) is 0.890. The first-order valence-electron chi connectivity index (χ1n) is 8.09. The molecule has 20 heavy (non-hydrogen) atoms. The fourth-order valence-electron chi connectivity index (χ4n) is 3.95. The van der Waals surface area contributed by atoms with Gasteiger partial charge < -0.3 is 4.90 Å². The molecule has 1 aliphatic carbocycles. The van der Waals surface area contributed by atoms with Crippen LogP contribution in [-0.2, 0) is 4.79 Å². The summed E-state index contributed by atoms with van der Waals surface area (Å²) < 4.78 is 0. The standard InChI is InChI=1S/C17H32N2O/c1-9-17(8)14(20)19(12(18-17)10-11(2)3)13-15(4,5)16(13,6)7/h11-13,18H,9-10H2,1-8H3. The Balaban J connectivity index is 2.31. The van der Waals surface area contributed by atoms with Crippen LogP contribution in [0.4, 0.5) is 0 Å². The second-order valence-corrected chi connectivity index (χ2v) is 8.53. The minimum atomic E-state index is -0.381. The summed E-state index contributed by atoms with van der Waals surface area (Å²) in [4.78, 5) is 15.2. The molecule has 0 bridgehead atoms. The van der Waals surface area contributed by atoms with E-state index in [9.17, 15) is 4.79 Å². The van der Waals surface area contributed by atoms with Crippen molar-refractivity contribution in [2.24, 2.45) is 16.7 Å². The number of nitrogens with zero attached hydrogens (tertiary/aromatic N) is 1. The van der Waals surface area contributed by atoms with Gasteiger partial charge in [-0.3, -0.25) is 10.1 Å². The second kappa shape index (κ2) is 4.46. The average molecular weight is 280 g/mol. The fraction of sp³-hybridized carbons (Fsp3) is 0.941. The van der Waals surface area contributed by atoms with Gasteiger partial charge in [-0.1, -0.05) is 48.5 Å². The van der Waals surface area contributed by atoms with Crippen LogP contribution in [0.25, 0.3) is 0 Å². The molecule has 1 saturated heterocycles. The van der Waals surface area contributed by atoms with Crippen molar-refractivity contribution in [2.75, 3.05) is 0 Å². The van der Waals surface area contributed by atoms with Crippen molar-refractivity contribution in [1.29, 1.82) is 0 Å². The third-order valence-electron chi connectivity index (χ3n) is 6.15. The van der Waals surface area contributed by atoms with Crippen LogP contribution in [0.5, 0.6) is 0 Å². The van der Waals surface area contributed by atoms with E-state index in [1.54, 1.807) is 0 Å². The predicted molar refractivity (Wildman–Crippen MR) is 83.3 cm³/mol. The Bertz CT molecular complexity index is 399. The molecule has 1 N–H and O–H groups in total. The van der Waals surface area contributed by atoms with Crippen LogP contribution in [0.1, 0.15) is 68.2 Å². The monoisotopic (exact) mass is 280 g/mol. The number of amides is 1. The first kappa shape index (κ1) is 15.8. The lowest BCUT2D eigenvalue weighted by Gasteiger charge is -2.28. The number of carbonyl (C=O) groups is 1. The lowest BCUT2D eigenvalue weighted by molar-refractivity contribution is -0.134. The van der Waals surface area contributed by atoms with Crippen LogP contribution in [0.2, 0.25) is 0 Å². The van der Waals surface area contributed by atoms with Crippen molar-refractivity contribution < 1.29 is 4.79 Å². The summed E-state index contributed by atoms with van der Waals surface area (Å²) in [7, 11) is 0. The first-order chi connectivity index (χ1) is 8.99. The van der Waals surface area contributed by atoms with Gasteiger partial charge in [0.1, 0.15) is 0 Å². The second-order valence-electron chi connectivity index (χ2n) is 8.53. The molecule has 2 rings (SSSR count). The molecule has 0 aromatic carbocycles. The number of hydrogen-bond donors (Lipinski definition) is 1. The molecule has 3 nitrogen and oxygen atoms in total.